The monoisotopic (exact) mass is 333 g/mol. The second-order valence-corrected chi connectivity index (χ2v) is 6.77. The van der Waals surface area contributed by atoms with Gasteiger partial charge in [-0.25, -0.2) is 4.79 Å². The average molecular weight is 333 g/mol. The predicted molar refractivity (Wildman–Crippen MR) is 87.7 cm³/mol. The molecular weight excluding hydrogens is 310 g/mol. The highest BCUT2D eigenvalue weighted by Crippen LogP contribution is 2.56. The zero-order valence-electron chi connectivity index (χ0n) is 14.4. The minimum Gasteiger partial charge on any atom is -0.469 e. The zero-order chi connectivity index (χ0) is 18.0. The van der Waals surface area contributed by atoms with Crippen LogP contribution in [0.1, 0.15) is 39.2 Å². The molecule has 1 heterocycles. The van der Waals surface area contributed by atoms with E-state index >= 15 is 0 Å². The van der Waals surface area contributed by atoms with Gasteiger partial charge in [0, 0.05) is 18.0 Å². The Morgan fingerprint density at radius 1 is 1.38 bits per heavy atom. The van der Waals surface area contributed by atoms with Crippen LogP contribution in [0.15, 0.2) is 29.7 Å². The van der Waals surface area contributed by atoms with Crippen LogP contribution in [0.25, 0.3) is 0 Å². The Kier molecular flexibility index (Phi) is 4.91. The number of carbonyl (C=O) groups excluding carboxylic acids is 2. The predicted octanol–water partition coefficient (Wildman–Crippen LogP) is 1.86. The van der Waals surface area contributed by atoms with Crippen molar-refractivity contribution in [2.24, 2.45) is 27.6 Å². The summed E-state index contributed by atoms with van der Waals surface area (Å²) in [6.45, 7) is 5.53. The van der Waals surface area contributed by atoms with Gasteiger partial charge in [0.15, 0.2) is 5.84 Å². The normalized spacial score (nSPS) is 26.0. The summed E-state index contributed by atoms with van der Waals surface area (Å²) in [5.41, 5.74) is 4.90. The van der Waals surface area contributed by atoms with Crippen molar-refractivity contribution >= 4 is 17.8 Å². The molecule has 0 aliphatic heterocycles. The van der Waals surface area contributed by atoms with Crippen LogP contribution in [0.3, 0.4) is 0 Å². The largest absolute Gasteiger partial charge is 0.469 e. The molecule has 0 amide bonds. The lowest BCUT2D eigenvalue weighted by atomic mass is 9.66. The van der Waals surface area contributed by atoms with E-state index in [0.29, 0.717) is 18.4 Å². The van der Waals surface area contributed by atoms with E-state index in [1.165, 1.54) is 13.3 Å². The fraction of sp³-hybridized carbons (Fsp3) is 0.529. The summed E-state index contributed by atoms with van der Waals surface area (Å²) in [5, 5.41) is 3.73. The number of aromatic nitrogens is 1. The third-order valence-electron chi connectivity index (χ3n) is 5.35. The van der Waals surface area contributed by atoms with E-state index in [9.17, 15) is 9.59 Å². The Morgan fingerprint density at radius 2 is 2.08 bits per heavy atom. The molecule has 1 aromatic heterocycles. The van der Waals surface area contributed by atoms with E-state index in [-0.39, 0.29) is 17.7 Å². The first-order valence-corrected chi connectivity index (χ1v) is 7.77. The summed E-state index contributed by atoms with van der Waals surface area (Å²) in [7, 11) is 1.35. The molecule has 2 rings (SSSR count). The van der Waals surface area contributed by atoms with Crippen LogP contribution in [0.4, 0.5) is 0 Å². The van der Waals surface area contributed by atoms with Gasteiger partial charge < -0.3 is 15.3 Å². The molecule has 0 aromatic carbocycles. The fourth-order valence-electron chi connectivity index (χ4n) is 3.18. The number of nitrogens with two attached hydrogens (primary N) is 1. The molecule has 0 spiro atoms. The second-order valence-electron chi connectivity index (χ2n) is 6.77. The third kappa shape index (κ3) is 2.98. The van der Waals surface area contributed by atoms with Gasteiger partial charge in [-0.1, -0.05) is 19.0 Å². The number of carbonyl (C=O) groups is 2. The first-order chi connectivity index (χ1) is 11.2. The minimum atomic E-state index is -0.857. The van der Waals surface area contributed by atoms with Crippen molar-refractivity contribution in [2.45, 2.75) is 33.6 Å². The summed E-state index contributed by atoms with van der Waals surface area (Å²) in [6.07, 6.45) is 4.22. The molecule has 7 nitrogen and oxygen atoms in total. The van der Waals surface area contributed by atoms with Gasteiger partial charge in [0.2, 0.25) is 0 Å². The van der Waals surface area contributed by atoms with E-state index in [1.807, 2.05) is 13.8 Å². The second kappa shape index (κ2) is 6.59. The summed E-state index contributed by atoms with van der Waals surface area (Å²) < 4.78 is 4.85. The number of rotatable bonds is 4. The van der Waals surface area contributed by atoms with Gasteiger partial charge >= 0.3 is 11.9 Å². The summed E-state index contributed by atoms with van der Waals surface area (Å²) in [5.74, 6) is -1.11. The van der Waals surface area contributed by atoms with Gasteiger partial charge in [0.05, 0.1) is 18.4 Å². The van der Waals surface area contributed by atoms with Crippen molar-refractivity contribution in [1.29, 1.82) is 0 Å². The number of amidine groups is 1. The topological polar surface area (TPSA) is 104 Å². The molecule has 0 saturated heterocycles. The van der Waals surface area contributed by atoms with Gasteiger partial charge in [-0.15, -0.1) is 0 Å². The molecule has 24 heavy (non-hydrogen) atoms. The maximum Gasteiger partial charge on any atom is 0.341 e. The number of methoxy groups -OCH3 is 1. The molecule has 1 aliphatic carbocycles. The van der Waals surface area contributed by atoms with Gasteiger partial charge in [-0.05, 0) is 37.3 Å². The molecule has 2 atom stereocenters. The SMILES string of the molecule is COC(=O)[C@@H]1CC[C@](C)(C(=O)ON=C(N)c2cccnc2)C1(C)C. The van der Waals surface area contributed by atoms with Gasteiger partial charge in [-0.3, -0.25) is 9.78 Å². The van der Waals surface area contributed by atoms with E-state index in [0.717, 1.165) is 0 Å². The molecule has 130 valence electrons. The smallest absolute Gasteiger partial charge is 0.341 e. The third-order valence-corrected chi connectivity index (χ3v) is 5.35. The summed E-state index contributed by atoms with van der Waals surface area (Å²) in [4.78, 5) is 33.6. The molecule has 0 bridgehead atoms. The number of hydrogen-bond acceptors (Lipinski definition) is 6. The Morgan fingerprint density at radius 3 is 2.67 bits per heavy atom. The van der Waals surface area contributed by atoms with Crippen molar-refractivity contribution < 1.29 is 19.2 Å². The lowest BCUT2D eigenvalue weighted by Gasteiger charge is -2.37. The average Bonchev–Trinajstić information content (AvgIpc) is 2.83. The van der Waals surface area contributed by atoms with Crippen LogP contribution in [0.5, 0.6) is 0 Å². The Hall–Kier alpha value is -2.44. The first-order valence-electron chi connectivity index (χ1n) is 7.77. The Labute approximate surface area is 141 Å². The lowest BCUT2D eigenvalue weighted by Crippen LogP contribution is -2.43. The number of oxime groups is 1. The van der Waals surface area contributed by atoms with E-state index in [1.54, 1.807) is 25.3 Å². The van der Waals surface area contributed by atoms with Crippen LogP contribution in [-0.2, 0) is 19.2 Å². The van der Waals surface area contributed by atoms with Crippen LogP contribution in [0.2, 0.25) is 0 Å². The van der Waals surface area contributed by atoms with Gasteiger partial charge in [0.25, 0.3) is 0 Å². The van der Waals surface area contributed by atoms with Crippen LogP contribution >= 0.6 is 0 Å². The molecule has 7 heteroatoms. The minimum absolute atomic E-state index is 0.0698. The Balaban J connectivity index is 2.16. The molecule has 0 unspecified atom stereocenters. The standard InChI is InChI=1S/C17H23N3O4/c1-16(2)12(14(21)23-4)7-8-17(16,3)15(22)24-20-13(18)11-6-5-9-19-10-11/h5-6,9-10,12H,7-8H2,1-4H3,(H2,18,20)/t12-,17+/m0/s1. The van der Waals surface area contributed by atoms with Crippen LogP contribution in [-0.4, -0.2) is 29.9 Å². The lowest BCUT2D eigenvalue weighted by molar-refractivity contribution is -0.164. The van der Waals surface area contributed by atoms with E-state index in [2.05, 4.69) is 10.1 Å². The highest BCUT2D eigenvalue weighted by molar-refractivity contribution is 5.97. The fourth-order valence-corrected chi connectivity index (χ4v) is 3.18. The molecular formula is C17H23N3O4. The first kappa shape index (κ1) is 17.9. The van der Waals surface area contributed by atoms with E-state index in [4.69, 9.17) is 15.3 Å². The number of nitrogens with zero attached hydrogens (tertiary/aromatic N) is 2. The van der Waals surface area contributed by atoms with Crippen molar-refractivity contribution in [1.82, 2.24) is 4.98 Å². The maximum atomic E-state index is 12.6. The highest BCUT2D eigenvalue weighted by Gasteiger charge is 2.59. The summed E-state index contributed by atoms with van der Waals surface area (Å²) in [6, 6.07) is 3.43. The van der Waals surface area contributed by atoms with Gasteiger partial charge in [0.1, 0.15) is 0 Å². The highest BCUT2D eigenvalue weighted by atomic mass is 16.7. The molecule has 1 aromatic rings. The van der Waals surface area contributed by atoms with Crippen molar-refractivity contribution in [2.75, 3.05) is 7.11 Å². The molecule has 0 radical (unpaired) electrons. The zero-order valence-corrected chi connectivity index (χ0v) is 14.4. The molecule has 2 N–H and O–H groups in total. The van der Waals surface area contributed by atoms with Crippen LogP contribution < -0.4 is 5.73 Å². The van der Waals surface area contributed by atoms with Crippen molar-refractivity contribution in [3.8, 4) is 0 Å². The van der Waals surface area contributed by atoms with Crippen molar-refractivity contribution in [3.05, 3.63) is 30.1 Å². The van der Waals surface area contributed by atoms with Crippen molar-refractivity contribution in [3.63, 3.8) is 0 Å². The van der Waals surface area contributed by atoms with E-state index < -0.39 is 16.8 Å². The molecule has 1 saturated carbocycles. The number of pyridine rings is 1. The summed E-state index contributed by atoms with van der Waals surface area (Å²) >= 11 is 0. The quantitative estimate of drug-likeness (QED) is 0.296. The number of hydrogen-bond donors (Lipinski definition) is 1. The molecule has 1 aliphatic rings. The van der Waals surface area contributed by atoms with Crippen LogP contribution in [0, 0.1) is 16.7 Å². The maximum absolute atomic E-state index is 12.6. The number of esters is 1. The number of ether oxygens (including phenoxy) is 1. The Bertz CT molecular complexity index is 657. The molecule has 1 fully saturated rings. The van der Waals surface area contributed by atoms with Gasteiger partial charge in [-0.2, -0.15) is 0 Å².